The van der Waals surface area contributed by atoms with Gasteiger partial charge in [-0.05, 0) is 49.4 Å². The molecule has 1 unspecified atom stereocenters. The van der Waals surface area contributed by atoms with Gasteiger partial charge in [0.1, 0.15) is 5.76 Å². The smallest absolute Gasteiger partial charge is 0.289 e. The molecule has 0 spiro atoms. The molecule has 28 heavy (non-hydrogen) atoms. The van der Waals surface area contributed by atoms with E-state index in [9.17, 15) is 9.59 Å². The zero-order chi connectivity index (χ0) is 19.7. The number of benzene rings is 2. The first kappa shape index (κ1) is 18.2. The second-order valence-corrected chi connectivity index (χ2v) is 7.32. The summed E-state index contributed by atoms with van der Waals surface area (Å²) in [6, 6.07) is 19.2. The van der Waals surface area contributed by atoms with Crippen molar-refractivity contribution in [1.82, 2.24) is 4.90 Å². The summed E-state index contributed by atoms with van der Waals surface area (Å²) in [7, 11) is 1.85. The Hall–Kier alpha value is -3.14. The van der Waals surface area contributed by atoms with Gasteiger partial charge in [-0.1, -0.05) is 48.5 Å². The average Bonchev–Trinajstić information content (AvgIpc) is 3.22. The van der Waals surface area contributed by atoms with Crippen LogP contribution in [0.1, 0.15) is 57.8 Å². The highest BCUT2D eigenvalue weighted by Crippen LogP contribution is 2.34. The van der Waals surface area contributed by atoms with Gasteiger partial charge in [-0.15, -0.1) is 0 Å². The third-order valence-electron chi connectivity index (χ3n) is 5.52. The van der Waals surface area contributed by atoms with E-state index in [-0.39, 0.29) is 17.7 Å². The molecule has 1 aliphatic carbocycles. The summed E-state index contributed by atoms with van der Waals surface area (Å²) in [6.45, 7) is 1.54. The van der Waals surface area contributed by atoms with E-state index in [1.807, 2.05) is 25.2 Å². The number of aryl methyl sites for hydroxylation is 1. The third kappa shape index (κ3) is 3.38. The van der Waals surface area contributed by atoms with Crippen molar-refractivity contribution < 1.29 is 14.0 Å². The molecule has 1 aromatic heterocycles. The zero-order valence-corrected chi connectivity index (χ0v) is 16.1. The number of hydrogen-bond acceptors (Lipinski definition) is 3. The Morgan fingerprint density at radius 1 is 1.00 bits per heavy atom. The van der Waals surface area contributed by atoms with Crippen molar-refractivity contribution in [3.63, 3.8) is 0 Å². The van der Waals surface area contributed by atoms with Crippen LogP contribution in [0.2, 0.25) is 0 Å². The van der Waals surface area contributed by atoms with Crippen molar-refractivity contribution in [1.29, 1.82) is 0 Å². The molecular weight excluding hydrogens is 350 g/mol. The fraction of sp³-hybridized carbons (Fsp3) is 0.250. The maximum atomic E-state index is 13.0. The van der Waals surface area contributed by atoms with Crippen LogP contribution in [0, 0.1) is 0 Å². The third-order valence-corrected chi connectivity index (χ3v) is 5.52. The highest BCUT2D eigenvalue weighted by molar-refractivity contribution is 5.94. The van der Waals surface area contributed by atoms with Gasteiger partial charge in [0.05, 0.1) is 6.04 Å². The summed E-state index contributed by atoms with van der Waals surface area (Å²) < 4.78 is 5.86. The Balaban J connectivity index is 1.55. The van der Waals surface area contributed by atoms with Gasteiger partial charge >= 0.3 is 0 Å². The molecule has 4 rings (SSSR count). The van der Waals surface area contributed by atoms with Gasteiger partial charge in [0.25, 0.3) is 5.91 Å². The standard InChI is InChI=1S/C24H23NO3/c1-16(26)17-10-12-19(13-11-17)22-14-15-23(28-22)24(27)25(2)21-9-5-7-18-6-3-4-8-20(18)21/h3-4,6,8,10-15,21H,5,7,9H2,1-2H3. The number of ketones is 1. The number of carbonyl (C=O) groups excluding carboxylic acids is 2. The second kappa shape index (κ2) is 7.47. The van der Waals surface area contributed by atoms with E-state index < -0.39 is 0 Å². The molecule has 0 N–H and O–H groups in total. The molecule has 1 aliphatic rings. The van der Waals surface area contributed by atoms with Crippen LogP contribution in [0.25, 0.3) is 11.3 Å². The highest BCUT2D eigenvalue weighted by atomic mass is 16.4. The largest absolute Gasteiger partial charge is 0.451 e. The van der Waals surface area contributed by atoms with Gasteiger partial charge in [-0.25, -0.2) is 0 Å². The maximum Gasteiger partial charge on any atom is 0.289 e. The van der Waals surface area contributed by atoms with Crippen LogP contribution in [-0.2, 0) is 6.42 Å². The summed E-state index contributed by atoms with van der Waals surface area (Å²) >= 11 is 0. The lowest BCUT2D eigenvalue weighted by Gasteiger charge is -2.32. The van der Waals surface area contributed by atoms with E-state index in [0.717, 1.165) is 24.8 Å². The average molecular weight is 373 g/mol. The topological polar surface area (TPSA) is 50.5 Å². The number of nitrogens with zero attached hydrogens (tertiary/aromatic N) is 1. The maximum absolute atomic E-state index is 13.0. The second-order valence-electron chi connectivity index (χ2n) is 7.32. The summed E-state index contributed by atoms with van der Waals surface area (Å²) in [5, 5.41) is 0. The minimum Gasteiger partial charge on any atom is -0.451 e. The number of hydrogen-bond donors (Lipinski definition) is 0. The van der Waals surface area contributed by atoms with Crippen LogP contribution in [-0.4, -0.2) is 23.6 Å². The molecule has 0 bridgehead atoms. The molecule has 2 aromatic carbocycles. The van der Waals surface area contributed by atoms with Crippen molar-refractivity contribution in [2.75, 3.05) is 7.05 Å². The first-order valence-electron chi connectivity index (χ1n) is 9.61. The molecular formula is C24H23NO3. The van der Waals surface area contributed by atoms with Crippen LogP contribution >= 0.6 is 0 Å². The number of amides is 1. The fourth-order valence-electron chi connectivity index (χ4n) is 3.92. The van der Waals surface area contributed by atoms with E-state index >= 15 is 0 Å². The van der Waals surface area contributed by atoms with Gasteiger partial charge < -0.3 is 9.32 Å². The summed E-state index contributed by atoms with van der Waals surface area (Å²) in [5.41, 5.74) is 4.05. The van der Waals surface area contributed by atoms with Crippen molar-refractivity contribution >= 4 is 11.7 Å². The molecule has 0 saturated carbocycles. The first-order chi connectivity index (χ1) is 13.5. The number of fused-ring (bicyclic) bond motifs is 1. The molecule has 0 saturated heterocycles. The Bertz CT molecular complexity index is 1020. The van der Waals surface area contributed by atoms with Crippen LogP contribution in [0.5, 0.6) is 0 Å². The number of rotatable bonds is 4. The minimum atomic E-state index is -0.117. The lowest BCUT2D eigenvalue weighted by atomic mass is 9.87. The van der Waals surface area contributed by atoms with Gasteiger partial charge in [0.15, 0.2) is 11.5 Å². The van der Waals surface area contributed by atoms with Gasteiger partial charge in [-0.2, -0.15) is 0 Å². The lowest BCUT2D eigenvalue weighted by Crippen LogP contribution is -2.33. The molecule has 0 radical (unpaired) electrons. The molecule has 0 aliphatic heterocycles. The molecule has 4 heteroatoms. The monoisotopic (exact) mass is 373 g/mol. The van der Waals surface area contributed by atoms with Crippen molar-refractivity contribution in [2.45, 2.75) is 32.2 Å². The summed E-state index contributed by atoms with van der Waals surface area (Å²) in [5.74, 6) is 0.858. The molecule has 0 fully saturated rings. The normalized spacial score (nSPS) is 15.7. The minimum absolute atomic E-state index is 0.0243. The Labute approximate surface area is 164 Å². The fourth-order valence-corrected chi connectivity index (χ4v) is 3.92. The van der Waals surface area contributed by atoms with Gasteiger partial charge in [0.2, 0.25) is 0 Å². The van der Waals surface area contributed by atoms with E-state index in [0.29, 0.717) is 17.1 Å². The molecule has 1 heterocycles. The van der Waals surface area contributed by atoms with Crippen LogP contribution < -0.4 is 0 Å². The lowest BCUT2D eigenvalue weighted by molar-refractivity contribution is 0.0683. The number of carbonyl (C=O) groups is 2. The van der Waals surface area contributed by atoms with Gasteiger partial charge in [0, 0.05) is 18.2 Å². The molecule has 3 aromatic rings. The van der Waals surface area contributed by atoms with Crippen LogP contribution in [0.3, 0.4) is 0 Å². The van der Waals surface area contributed by atoms with E-state index in [2.05, 4.69) is 18.2 Å². The van der Waals surface area contributed by atoms with Crippen LogP contribution in [0.4, 0.5) is 0 Å². The molecule has 4 nitrogen and oxygen atoms in total. The predicted octanol–water partition coefficient (Wildman–Crippen LogP) is 5.30. The van der Waals surface area contributed by atoms with Crippen LogP contribution in [0.15, 0.2) is 65.1 Å². The highest BCUT2D eigenvalue weighted by Gasteiger charge is 2.28. The van der Waals surface area contributed by atoms with E-state index in [1.54, 1.807) is 29.2 Å². The predicted molar refractivity (Wildman–Crippen MR) is 108 cm³/mol. The first-order valence-corrected chi connectivity index (χ1v) is 9.61. The summed E-state index contributed by atoms with van der Waals surface area (Å²) in [4.78, 5) is 26.2. The SMILES string of the molecule is CC(=O)c1ccc(-c2ccc(C(=O)N(C)C3CCCc4ccccc43)o2)cc1. The Morgan fingerprint density at radius 3 is 2.50 bits per heavy atom. The summed E-state index contributed by atoms with van der Waals surface area (Å²) in [6.07, 6.45) is 3.10. The van der Waals surface area contributed by atoms with Crippen molar-refractivity contribution in [3.05, 3.63) is 83.1 Å². The molecule has 1 amide bonds. The van der Waals surface area contributed by atoms with Gasteiger partial charge in [-0.3, -0.25) is 9.59 Å². The van der Waals surface area contributed by atoms with E-state index in [4.69, 9.17) is 4.42 Å². The Kier molecular flexibility index (Phi) is 4.86. The quantitative estimate of drug-likeness (QED) is 0.583. The van der Waals surface area contributed by atoms with Crippen molar-refractivity contribution in [3.8, 4) is 11.3 Å². The molecule has 1 atom stereocenters. The number of furan rings is 1. The van der Waals surface area contributed by atoms with Crippen molar-refractivity contribution in [2.24, 2.45) is 0 Å². The molecule has 142 valence electrons. The zero-order valence-electron chi connectivity index (χ0n) is 16.1. The number of Topliss-reactive ketones (excluding diaryl/α,β-unsaturated/α-hetero) is 1. The van der Waals surface area contributed by atoms with E-state index in [1.165, 1.54) is 18.1 Å². The Morgan fingerprint density at radius 2 is 1.75 bits per heavy atom.